The van der Waals surface area contributed by atoms with Gasteiger partial charge in [-0.05, 0) is 35.9 Å². The maximum Gasteiger partial charge on any atom is 0.0495 e. The van der Waals surface area contributed by atoms with E-state index in [1.165, 1.54) is 23.7 Å². The van der Waals surface area contributed by atoms with Crippen LogP contribution in [0.5, 0.6) is 0 Å². The molecule has 0 saturated carbocycles. The van der Waals surface area contributed by atoms with E-state index in [1.54, 1.807) is 0 Å². The van der Waals surface area contributed by atoms with E-state index >= 15 is 0 Å². The van der Waals surface area contributed by atoms with Gasteiger partial charge < -0.3 is 4.57 Å². The average molecular weight is 236 g/mol. The van der Waals surface area contributed by atoms with Crippen molar-refractivity contribution in [3.8, 4) is 0 Å². The van der Waals surface area contributed by atoms with Gasteiger partial charge in [-0.1, -0.05) is 37.9 Å². The van der Waals surface area contributed by atoms with Gasteiger partial charge in [-0.25, -0.2) is 0 Å². The van der Waals surface area contributed by atoms with Crippen LogP contribution in [0.4, 0.5) is 0 Å². The molecule has 0 aliphatic heterocycles. The van der Waals surface area contributed by atoms with E-state index in [1.807, 2.05) is 6.07 Å². The van der Waals surface area contributed by atoms with Gasteiger partial charge in [-0.15, -0.1) is 0 Å². The first-order valence-electron chi connectivity index (χ1n) is 5.95. The number of nitrogens with zero attached hydrogens (tertiary/aromatic N) is 1. The quantitative estimate of drug-likeness (QED) is 0.722. The van der Waals surface area contributed by atoms with Crippen LogP contribution in [-0.4, -0.2) is 4.57 Å². The van der Waals surface area contributed by atoms with Crippen LogP contribution in [-0.2, 0) is 6.54 Å². The van der Waals surface area contributed by atoms with E-state index in [0.717, 1.165) is 17.5 Å². The van der Waals surface area contributed by atoms with Crippen molar-refractivity contribution in [2.75, 3.05) is 0 Å². The summed E-state index contributed by atoms with van der Waals surface area (Å²) in [6.45, 7) is 5.62. The van der Waals surface area contributed by atoms with Crippen LogP contribution in [0.25, 0.3) is 10.9 Å². The highest BCUT2D eigenvalue weighted by Crippen LogP contribution is 2.22. The Morgan fingerprint density at radius 1 is 1.31 bits per heavy atom. The number of halogens is 1. The Balaban J connectivity index is 2.27. The second kappa shape index (κ2) is 4.92. The Kier molecular flexibility index (Phi) is 3.55. The molecule has 1 aromatic heterocycles. The first-order valence-corrected chi connectivity index (χ1v) is 6.33. The van der Waals surface area contributed by atoms with Gasteiger partial charge in [0.15, 0.2) is 0 Å². The van der Waals surface area contributed by atoms with Crippen molar-refractivity contribution in [1.82, 2.24) is 4.57 Å². The van der Waals surface area contributed by atoms with Crippen LogP contribution in [0.1, 0.15) is 26.7 Å². The fraction of sp³-hybridized carbons (Fsp3) is 0.429. The Morgan fingerprint density at radius 3 is 2.88 bits per heavy atom. The summed E-state index contributed by atoms with van der Waals surface area (Å²) in [6.07, 6.45) is 4.69. The predicted molar refractivity (Wildman–Crippen MR) is 71.0 cm³/mol. The number of fused-ring (bicyclic) bond motifs is 1. The average Bonchev–Trinajstić information content (AvgIpc) is 2.61. The molecule has 1 unspecified atom stereocenters. The molecular weight excluding hydrogens is 218 g/mol. The third-order valence-corrected chi connectivity index (χ3v) is 3.26. The smallest absolute Gasteiger partial charge is 0.0495 e. The summed E-state index contributed by atoms with van der Waals surface area (Å²) >= 11 is 6.03. The van der Waals surface area contributed by atoms with Gasteiger partial charge in [0.2, 0.25) is 0 Å². The lowest BCUT2D eigenvalue weighted by molar-refractivity contribution is 0.453. The molecule has 16 heavy (non-hydrogen) atoms. The van der Waals surface area contributed by atoms with Crippen LogP contribution in [0.3, 0.4) is 0 Å². The lowest BCUT2D eigenvalue weighted by atomic mass is 10.1. The summed E-state index contributed by atoms with van der Waals surface area (Å²) in [4.78, 5) is 0. The molecule has 0 bridgehead atoms. The molecule has 1 atom stereocenters. The van der Waals surface area contributed by atoms with Crippen molar-refractivity contribution in [2.24, 2.45) is 5.92 Å². The Hall–Kier alpha value is -0.950. The number of benzene rings is 1. The van der Waals surface area contributed by atoms with Gasteiger partial charge in [0, 0.05) is 23.3 Å². The molecule has 1 nitrogen and oxygen atoms in total. The standard InChI is InChI=1S/C14H18ClN/c1-3-4-11(2)10-16-8-7-12-5-6-13(15)9-14(12)16/h5-9,11H,3-4,10H2,1-2H3. The molecule has 0 amide bonds. The van der Waals surface area contributed by atoms with Gasteiger partial charge in [0.25, 0.3) is 0 Å². The fourth-order valence-electron chi connectivity index (χ4n) is 2.24. The van der Waals surface area contributed by atoms with Gasteiger partial charge >= 0.3 is 0 Å². The number of hydrogen-bond acceptors (Lipinski definition) is 0. The first kappa shape index (κ1) is 11.5. The van der Waals surface area contributed by atoms with Crippen molar-refractivity contribution in [3.63, 3.8) is 0 Å². The van der Waals surface area contributed by atoms with Gasteiger partial charge in [0.05, 0.1) is 0 Å². The number of aromatic nitrogens is 1. The maximum absolute atomic E-state index is 6.03. The molecule has 1 aromatic carbocycles. The van der Waals surface area contributed by atoms with E-state index in [2.05, 4.69) is 42.8 Å². The van der Waals surface area contributed by atoms with Crippen molar-refractivity contribution < 1.29 is 0 Å². The second-order valence-electron chi connectivity index (χ2n) is 4.57. The van der Waals surface area contributed by atoms with E-state index in [4.69, 9.17) is 11.6 Å². The van der Waals surface area contributed by atoms with Crippen LogP contribution < -0.4 is 0 Å². The zero-order valence-corrected chi connectivity index (χ0v) is 10.7. The molecule has 0 fully saturated rings. The second-order valence-corrected chi connectivity index (χ2v) is 5.00. The number of hydrogen-bond donors (Lipinski definition) is 0. The molecule has 0 radical (unpaired) electrons. The van der Waals surface area contributed by atoms with Crippen molar-refractivity contribution in [3.05, 3.63) is 35.5 Å². The van der Waals surface area contributed by atoms with Crippen LogP contribution in [0.2, 0.25) is 5.02 Å². The number of rotatable bonds is 4. The first-order chi connectivity index (χ1) is 7.70. The minimum Gasteiger partial charge on any atom is -0.347 e. The van der Waals surface area contributed by atoms with Crippen molar-refractivity contribution in [1.29, 1.82) is 0 Å². The maximum atomic E-state index is 6.03. The molecule has 2 rings (SSSR count). The van der Waals surface area contributed by atoms with Gasteiger partial charge in [-0.3, -0.25) is 0 Å². The third kappa shape index (κ3) is 2.41. The summed E-state index contributed by atoms with van der Waals surface area (Å²) in [6, 6.07) is 8.24. The third-order valence-electron chi connectivity index (χ3n) is 3.03. The fourth-order valence-corrected chi connectivity index (χ4v) is 2.40. The van der Waals surface area contributed by atoms with Gasteiger partial charge in [-0.2, -0.15) is 0 Å². The van der Waals surface area contributed by atoms with Gasteiger partial charge in [0.1, 0.15) is 0 Å². The predicted octanol–water partition coefficient (Wildman–Crippen LogP) is 4.73. The topological polar surface area (TPSA) is 4.93 Å². The Labute approximate surface area is 102 Å². The normalized spacial score (nSPS) is 13.2. The molecule has 2 aromatic rings. The SMILES string of the molecule is CCCC(C)Cn1ccc2ccc(Cl)cc21. The summed E-state index contributed by atoms with van der Waals surface area (Å²) in [5.74, 6) is 0.722. The molecule has 0 saturated heterocycles. The van der Waals surface area contributed by atoms with Crippen molar-refractivity contribution >= 4 is 22.5 Å². The van der Waals surface area contributed by atoms with Crippen LogP contribution >= 0.6 is 11.6 Å². The minimum atomic E-state index is 0.722. The van der Waals surface area contributed by atoms with E-state index in [0.29, 0.717) is 0 Å². The lowest BCUT2D eigenvalue weighted by Crippen LogP contribution is -2.05. The van der Waals surface area contributed by atoms with E-state index in [-0.39, 0.29) is 0 Å². The summed E-state index contributed by atoms with van der Waals surface area (Å²) in [5.41, 5.74) is 1.25. The molecule has 1 heterocycles. The largest absolute Gasteiger partial charge is 0.347 e. The highest BCUT2D eigenvalue weighted by atomic mass is 35.5. The zero-order chi connectivity index (χ0) is 11.5. The lowest BCUT2D eigenvalue weighted by Gasteiger charge is -2.12. The molecule has 0 aliphatic carbocycles. The molecule has 86 valence electrons. The molecular formula is C14H18ClN. The highest BCUT2D eigenvalue weighted by Gasteiger charge is 2.05. The zero-order valence-electron chi connectivity index (χ0n) is 9.91. The summed E-state index contributed by atoms with van der Waals surface area (Å²) in [7, 11) is 0. The van der Waals surface area contributed by atoms with Crippen LogP contribution in [0.15, 0.2) is 30.5 Å². The monoisotopic (exact) mass is 235 g/mol. The molecule has 0 aliphatic rings. The Morgan fingerprint density at radius 2 is 2.12 bits per heavy atom. The molecule has 0 N–H and O–H groups in total. The van der Waals surface area contributed by atoms with Crippen molar-refractivity contribution in [2.45, 2.75) is 33.2 Å². The highest BCUT2D eigenvalue weighted by molar-refractivity contribution is 6.31. The Bertz CT molecular complexity index is 473. The van der Waals surface area contributed by atoms with Crippen LogP contribution in [0, 0.1) is 5.92 Å². The summed E-state index contributed by atoms with van der Waals surface area (Å²) < 4.78 is 2.31. The van der Waals surface area contributed by atoms with E-state index < -0.39 is 0 Å². The molecule has 2 heteroatoms. The minimum absolute atomic E-state index is 0.722. The molecule has 0 spiro atoms. The summed E-state index contributed by atoms with van der Waals surface area (Å²) in [5, 5.41) is 2.09. The van der Waals surface area contributed by atoms with E-state index in [9.17, 15) is 0 Å².